The standard InChI is InChI=1S/C33H31N5O5S/c39-27-12-11-24(31(40)37-27)38-32(41)22-8-3-9-23-29(22)33(38)44-28(36-23)13-17-42-16-5-15-35-30(21-7-4-14-34-19-21)26-18-20-6-1-2-10-25(20)43-26/h1-4,6-10,14,18-19,24,30,35-36H,5,11-13,15-17H2,(H,37,39,40). The highest BCUT2D eigenvalue weighted by molar-refractivity contribution is 7.98. The predicted molar refractivity (Wildman–Crippen MR) is 169 cm³/mol. The summed E-state index contributed by atoms with van der Waals surface area (Å²) in [6.45, 7) is 1.79. The van der Waals surface area contributed by atoms with Gasteiger partial charge in [-0.2, -0.15) is 0 Å². The topological polar surface area (TPSA) is 126 Å². The van der Waals surface area contributed by atoms with Crippen LogP contribution in [0.15, 0.2) is 77.5 Å². The van der Waals surface area contributed by atoms with Gasteiger partial charge in [0.15, 0.2) is 0 Å². The maximum atomic E-state index is 13.4. The summed E-state index contributed by atoms with van der Waals surface area (Å²) >= 11 is 0. The number of piperidine rings is 1. The molecule has 10 nitrogen and oxygen atoms in total. The number of hydrogen-bond acceptors (Lipinski definition) is 8. The normalized spacial score (nSPS) is 18.2. The van der Waals surface area contributed by atoms with E-state index in [9.17, 15) is 14.4 Å². The van der Waals surface area contributed by atoms with Crippen molar-refractivity contribution >= 4 is 55.3 Å². The Hall–Kier alpha value is -4.58. The summed E-state index contributed by atoms with van der Waals surface area (Å²) < 4.78 is 12.2. The van der Waals surface area contributed by atoms with Gasteiger partial charge in [0, 0.05) is 48.5 Å². The van der Waals surface area contributed by atoms with Crippen molar-refractivity contribution in [3.05, 3.63) is 95.5 Å². The molecule has 3 aliphatic heterocycles. The number of ether oxygens (including phenoxy) is 1. The molecule has 0 aliphatic carbocycles. The molecule has 3 aliphatic rings. The lowest BCUT2D eigenvalue weighted by molar-refractivity contribution is -0.135. The van der Waals surface area contributed by atoms with Gasteiger partial charge in [-0.25, -0.2) is 0 Å². The van der Waals surface area contributed by atoms with Crippen molar-refractivity contribution in [3.8, 4) is 0 Å². The van der Waals surface area contributed by atoms with E-state index in [1.165, 1.54) is 10.9 Å². The van der Waals surface area contributed by atoms with Crippen molar-refractivity contribution in [2.24, 2.45) is 0 Å². The van der Waals surface area contributed by atoms with Crippen molar-refractivity contribution in [2.45, 2.75) is 37.8 Å². The van der Waals surface area contributed by atoms with Crippen molar-refractivity contribution in [3.63, 3.8) is 0 Å². The first kappa shape index (κ1) is 28.2. The maximum absolute atomic E-state index is 13.4. The van der Waals surface area contributed by atoms with Crippen LogP contribution in [-0.4, -0.2) is 63.4 Å². The number of aromatic nitrogens is 1. The number of amides is 3. The molecule has 2 aromatic carbocycles. The summed E-state index contributed by atoms with van der Waals surface area (Å²) in [5.41, 5.74) is 4.10. The highest BCUT2D eigenvalue weighted by atomic mass is 32.1. The first-order chi connectivity index (χ1) is 21.6. The molecule has 0 radical (unpaired) electrons. The summed E-state index contributed by atoms with van der Waals surface area (Å²) in [4.78, 5) is 45.3. The average molecular weight is 610 g/mol. The van der Waals surface area contributed by atoms with Gasteiger partial charge in [-0.05, 0) is 55.3 Å². The Bertz CT molecular complexity index is 1800. The number of furan rings is 1. The van der Waals surface area contributed by atoms with Gasteiger partial charge in [0.1, 0.15) is 22.4 Å². The zero-order chi connectivity index (χ0) is 30.0. The molecule has 1 fully saturated rings. The number of benzene rings is 2. The Labute approximate surface area is 257 Å². The number of carbonyl (C=O) groups excluding carboxylic acids is 3. The van der Waals surface area contributed by atoms with Crippen LogP contribution in [0.3, 0.4) is 0 Å². The average Bonchev–Trinajstić information content (AvgIpc) is 3.59. The monoisotopic (exact) mass is 609 g/mol. The van der Waals surface area contributed by atoms with E-state index in [1.807, 2.05) is 54.7 Å². The second-order valence-corrected chi connectivity index (χ2v) is 12.0. The number of nitrogens with one attached hydrogen (secondary N) is 3. The number of fused-ring (bicyclic) bond motifs is 1. The number of rotatable bonds is 11. The smallest absolute Gasteiger partial charge is 0.260 e. The lowest BCUT2D eigenvalue weighted by Gasteiger charge is -2.30. The van der Waals surface area contributed by atoms with Crippen LogP contribution in [0, 0.1) is 0 Å². The van der Waals surface area contributed by atoms with Crippen molar-refractivity contribution in [2.75, 3.05) is 25.1 Å². The molecule has 0 spiro atoms. The molecule has 1 saturated heterocycles. The van der Waals surface area contributed by atoms with E-state index in [0.717, 1.165) is 56.5 Å². The number of para-hydroxylation sites is 1. The number of imide groups is 1. The Kier molecular flexibility index (Phi) is 7.82. The highest BCUT2D eigenvalue weighted by Gasteiger charge is 2.44. The molecule has 3 N–H and O–H groups in total. The zero-order valence-corrected chi connectivity index (χ0v) is 24.7. The van der Waals surface area contributed by atoms with Crippen LogP contribution in [0.4, 0.5) is 5.69 Å². The molecular weight excluding hydrogens is 578 g/mol. The minimum Gasteiger partial charge on any atom is -0.459 e. The van der Waals surface area contributed by atoms with Crippen LogP contribution in [0.1, 0.15) is 59.0 Å². The Morgan fingerprint density at radius 1 is 1.07 bits per heavy atom. The SMILES string of the molecule is O=C1CCC(N2C(=O)c3cccc4c3C2=S=C(CCOCCCNC(c2cccnc2)c2cc3ccccc3o2)N4)C(=O)N1. The third kappa shape index (κ3) is 5.45. The van der Waals surface area contributed by atoms with Gasteiger partial charge in [0.25, 0.3) is 5.91 Å². The third-order valence-electron chi connectivity index (χ3n) is 8.00. The number of hydrogen-bond donors (Lipinski definition) is 3. The van der Waals surface area contributed by atoms with Crippen molar-refractivity contribution < 1.29 is 23.5 Å². The van der Waals surface area contributed by atoms with Gasteiger partial charge in [0.2, 0.25) is 11.8 Å². The summed E-state index contributed by atoms with van der Waals surface area (Å²) in [5, 5.41) is 10.5. The van der Waals surface area contributed by atoms with Crippen molar-refractivity contribution in [1.29, 1.82) is 0 Å². The summed E-state index contributed by atoms with van der Waals surface area (Å²) in [6, 6.07) is 18.7. The van der Waals surface area contributed by atoms with Crippen LogP contribution in [0.5, 0.6) is 0 Å². The Morgan fingerprint density at radius 3 is 2.82 bits per heavy atom. The largest absolute Gasteiger partial charge is 0.459 e. The van der Waals surface area contributed by atoms with Crippen LogP contribution in [0.2, 0.25) is 0 Å². The first-order valence-electron chi connectivity index (χ1n) is 14.7. The molecule has 3 amide bonds. The molecule has 2 atom stereocenters. The molecule has 0 bridgehead atoms. The molecule has 2 unspecified atom stereocenters. The quantitative estimate of drug-likeness (QED) is 0.132. The van der Waals surface area contributed by atoms with E-state index < -0.39 is 11.9 Å². The maximum Gasteiger partial charge on any atom is 0.260 e. The molecule has 5 heterocycles. The Balaban J connectivity index is 0.975. The van der Waals surface area contributed by atoms with E-state index in [1.54, 1.807) is 17.2 Å². The number of carbonyl (C=O) groups is 3. The third-order valence-corrected chi connectivity index (χ3v) is 9.14. The predicted octanol–water partition coefficient (Wildman–Crippen LogP) is 4.03. The summed E-state index contributed by atoms with van der Waals surface area (Å²) in [7, 11) is 1.46. The van der Waals surface area contributed by atoms with Crippen LogP contribution in [-0.2, 0) is 14.3 Å². The molecule has 44 heavy (non-hydrogen) atoms. The summed E-state index contributed by atoms with van der Waals surface area (Å²) in [6.07, 6.45) is 5.55. The molecule has 11 heteroatoms. The molecule has 2 aromatic heterocycles. The lowest BCUT2D eigenvalue weighted by atomic mass is 10.0. The van der Waals surface area contributed by atoms with Crippen LogP contribution >= 0.6 is 10.9 Å². The molecule has 4 aromatic rings. The number of pyridine rings is 1. The van der Waals surface area contributed by atoms with Gasteiger partial charge in [0.05, 0.1) is 23.2 Å². The Morgan fingerprint density at radius 2 is 1.98 bits per heavy atom. The zero-order valence-electron chi connectivity index (χ0n) is 23.9. The van der Waals surface area contributed by atoms with E-state index in [0.29, 0.717) is 31.6 Å². The van der Waals surface area contributed by atoms with E-state index >= 15 is 0 Å². The minimum atomic E-state index is -0.707. The van der Waals surface area contributed by atoms with Crippen LogP contribution < -0.4 is 16.0 Å². The first-order valence-corrected chi connectivity index (χ1v) is 15.6. The van der Waals surface area contributed by atoms with E-state index in [2.05, 4.69) is 27.0 Å². The summed E-state index contributed by atoms with van der Waals surface area (Å²) in [5.74, 6) is -0.103. The highest BCUT2D eigenvalue weighted by Crippen LogP contribution is 2.36. The lowest BCUT2D eigenvalue weighted by Crippen LogP contribution is -2.54. The fourth-order valence-corrected chi connectivity index (χ4v) is 7.10. The second-order valence-electron chi connectivity index (χ2n) is 10.9. The van der Waals surface area contributed by atoms with Gasteiger partial charge in [-0.1, -0.05) is 30.3 Å². The molecule has 7 rings (SSSR count). The fraction of sp³-hybridized carbons (Fsp3) is 0.273. The molecular formula is C33H31N5O5S. The van der Waals surface area contributed by atoms with Crippen LogP contribution in [0.25, 0.3) is 11.0 Å². The second kappa shape index (κ2) is 12.2. The number of anilines is 1. The van der Waals surface area contributed by atoms with Gasteiger partial charge >= 0.3 is 0 Å². The fourth-order valence-electron chi connectivity index (χ4n) is 5.89. The van der Waals surface area contributed by atoms with Gasteiger partial charge < -0.3 is 19.8 Å². The minimum absolute atomic E-state index is 0.127. The van der Waals surface area contributed by atoms with Gasteiger partial charge in [-0.15, -0.1) is 10.9 Å². The van der Waals surface area contributed by atoms with Crippen molar-refractivity contribution in [1.82, 2.24) is 20.5 Å². The molecule has 0 saturated carbocycles. The van der Waals surface area contributed by atoms with Gasteiger partial charge in [-0.3, -0.25) is 29.6 Å². The molecule has 224 valence electrons. The van der Waals surface area contributed by atoms with E-state index in [4.69, 9.17) is 9.15 Å². The van der Waals surface area contributed by atoms with E-state index in [-0.39, 0.29) is 24.3 Å². The number of nitrogens with zero attached hydrogens (tertiary/aromatic N) is 2.